The molecule has 1 aliphatic rings. The molecule has 1 heterocycles. The molecule has 0 bridgehead atoms. The first-order chi connectivity index (χ1) is 18.1. The second kappa shape index (κ2) is 12.9. The molecule has 0 aromatic heterocycles. The maximum atomic E-state index is 14.0. The number of benzene rings is 2. The molecule has 0 aliphatic carbocycles. The van der Waals surface area contributed by atoms with E-state index < -0.39 is 12.1 Å². The van der Waals surface area contributed by atoms with Gasteiger partial charge in [0.2, 0.25) is 0 Å². The van der Waals surface area contributed by atoms with Crippen LogP contribution >= 0.6 is 0 Å². The topological polar surface area (TPSA) is 93.5 Å². The fraction of sp³-hybridized carbons (Fsp3) is 0.452. The number of hydrogen-bond acceptors (Lipinski definition) is 6. The van der Waals surface area contributed by atoms with Crippen LogP contribution in [-0.2, 0) is 4.74 Å². The Morgan fingerprint density at radius 2 is 1.76 bits per heavy atom. The number of carbonyl (C=O) groups is 1. The zero-order valence-electron chi connectivity index (χ0n) is 23.5. The third-order valence-corrected chi connectivity index (χ3v) is 6.94. The maximum absolute atomic E-state index is 14.0. The highest BCUT2D eigenvalue weighted by Gasteiger charge is 2.37. The maximum Gasteiger partial charge on any atom is 0.262 e. The Morgan fingerprint density at radius 1 is 1.03 bits per heavy atom. The molecule has 0 saturated heterocycles. The van der Waals surface area contributed by atoms with Gasteiger partial charge in [-0.3, -0.25) is 9.69 Å². The molecule has 38 heavy (non-hydrogen) atoms. The largest absolute Gasteiger partial charge is 0.508 e. The van der Waals surface area contributed by atoms with Crippen LogP contribution in [0.5, 0.6) is 17.2 Å². The van der Waals surface area contributed by atoms with Gasteiger partial charge in [0.15, 0.2) is 6.23 Å². The number of carbonyl (C=O) groups excluding carboxylic acids is 1. The highest BCUT2D eigenvalue weighted by Crippen LogP contribution is 2.50. The summed E-state index contributed by atoms with van der Waals surface area (Å²) in [7, 11) is 1.52. The van der Waals surface area contributed by atoms with Gasteiger partial charge in [-0.1, -0.05) is 43.6 Å². The van der Waals surface area contributed by atoms with Crippen LogP contribution in [0.4, 0.5) is 17.1 Å². The predicted molar refractivity (Wildman–Crippen MR) is 154 cm³/mol. The Labute approximate surface area is 226 Å². The molecule has 1 amide bonds. The number of methoxy groups -OCH3 is 1. The van der Waals surface area contributed by atoms with Crippen LogP contribution in [-0.4, -0.2) is 41.1 Å². The van der Waals surface area contributed by atoms with Crippen molar-refractivity contribution < 1.29 is 24.9 Å². The number of rotatable bonds is 11. The number of hydrogen-bond donors (Lipinski definition) is 3. The highest BCUT2D eigenvalue weighted by molar-refractivity contribution is 6.15. The van der Waals surface area contributed by atoms with Gasteiger partial charge < -0.3 is 25.0 Å². The monoisotopic (exact) mass is 522 g/mol. The van der Waals surface area contributed by atoms with Crippen LogP contribution in [0.25, 0.3) is 0 Å². The predicted octanol–water partition coefficient (Wildman–Crippen LogP) is 7.39. The van der Waals surface area contributed by atoms with E-state index in [1.807, 2.05) is 19.9 Å². The first kappa shape index (κ1) is 29.1. The molecule has 0 fully saturated rings. The Kier molecular flexibility index (Phi) is 9.86. The fourth-order valence-corrected chi connectivity index (χ4v) is 4.97. The lowest BCUT2D eigenvalue weighted by Crippen LogP contribution is -2.40. The van der Waals surface area contributed by atoms with Gasteiger partial charge in [-0.15, -0.1) is 0 Å². The second-order valence-corrected chi connectivity index (χ2v) is 10.4. The number of phenolic OH excluding ortho intramolecular Hbond substituents is 3. The summed E-state index contributed by atoms with van der Waals surface area (Å²) in [5.74, 6) is -0.151. The zero-order chi connectivity index (χ0) is 28.0. The first-order valence-electron chi connectivity index (χ1n) is 13.4. The Balaban J connectivity index is 1.97. The van der Waals surface area contributed by atoms with E-state index in [9.17, 15) is 20.1 Å². The summed E-state index contributed by atoms with van der Waals surface area (Å²) in [6.45, 7) is 10.9. The van der Waals surface area contributed by atoms with Crippen molar-refractivity contribution in [1.29, 1.82) is 0 Å². The zero-order valence-corrected chi connectivity index (χ0v) is 23.5. The lowest BCUT2D eigenvalue weighted by atomic mass is 10.0. The molecule has 3 N–H and O–H groups in total. The fourth-order valence-electron chi connectivity index (χ4n) is 4.97. The van der Waals surface area contributed by atoms with Gasteiger partial charge in [-0.05, 0) is 70.6 Å². The van der Waals surface area contributed by atoms with Crippen LogP contribution < -0.4 is 9.80 Å². The normalized spacial score (nSPS) is 15.0. The number of aromatic hydroxyl groups is 3. The summed E-state index contributed by atoms with van der Waals surface area (Å²) >= 11 is 0. The van der Waals surface area contributed by atoms with Crippen LogP contribution in [0.1, 0.15) is 77.1 Å². The number of anilines is 3. The summed E-state index contributed by atoms with van der Waals surface area (Å²) < 4.78 is 5.81. The van der Waals surface area contributed by atoms with Crippen molar-refractivity contribution in [2.45, 2.75) is 73.0 Å². The van der Waals surface area contributed by atoms with Crippen molar-refractivity contribution in [1.82, 2.24) is 0 Å². The minimum absolute atomic E-state index is 0.0748. The van der Waals surface area contributed by atoms with Crippen molar-refractivity contribution in [2.75, 3.05) is 23.5 Å². The van der Waals surface area contributed by atoms with Crippen molar-refractivity contribution in [3.8, 4) is 17.2 Å². The molecule has 1 aliphatic heterocycles. The molecule has 206 valence electrons. The van der Waals surface area contributed by atoms with E-state index in [0.29, 0.717) is 23.6 Å². The summed E-state index contributed by atoms with van der Waals surface area (Å²) in [5, 5.41) is 32.0. The third kappa shape index (κ3) is 6.51. The van der Waals surface area contributed by atoms with Crippen LogP contribution in [0.2, 0.25) is 0 Å². The summed E-state index contributed by atoms with van der Waals surface area (Å²) in [5.41, 5.74) is 3.62. The average molecular weight is 523 g/mol. The van der Waals surface area contributed by atoms with Gasteiger partial charge in [-0.25, -0.2) is 0 Å². The summed E-state index contributed by atoms with van der Waals surface area (Å²) in [4.78, 5) is 17.1. The molecule has 3 rings (SSSR count). The van der Waals surface area contributed by atoms with E-state index in [1.54, 1.807) is 17.0 Å². The van der Waals surface area contributed by atoms with Crippen LogP contribution in [0, 0.1) is 5.92 Å². The lowest BCUT2D eigenvalue weighted by Gasteiger charge is -2.31. The molecule has 7 nitrogen and oxygen atoms in total. The Hall–Kier alpha value is -3.45. The molecule has 0 radical (unpaired) electrons. The number of phenols is 3. The Bertz CT molecular complexity index is 1200. The number of fused-ring (bicyclic) bond motifs is 2. The third-order valence-electron chi connectivity index (χ3n) is 6.94. The van der Waals surface area contributed by atoms with Gasteiger partial charge in [0.25, 0.3) is 5.91 Å². The molecule has 1 unspecified atom stereocenters. The van der Waals surface area contributed by atoms with Crippen molar-refractivity contribution in [2.24, 2.45) is 5.92 Å². The van der Waals surface area contributed by atoms with E-state index in [0.717, 1.165) is 30.8 Å². The summed E-state index contributed by atoms with van der Waals surface area (Å²) in [6.07, 6.45) is 8.60. The average Bonchev–Trinajstić information content (AvgIpc) is 2.95. The number of nitrogens with zero attached hydrogens (tertiary/aromatic N) is 2. The van der Waals surface area contributed by atoms with Crippen molar-refractivity contribution >= 4 is 23.0 Å². The molecule has 1 atom stereocenters. The highest BCUT2D eigenvalue weighted by atomic mass is 16.5. The standard InChI is InChI=1S/C31H42N2O5/c1-7-32-29-24(15-10-16-26(29)35)31(37)33(25-18-23(34)19-27(36)30(25)32)28(38-6)17-22(5)14-9-13-21(4)12-8-11-20(2)3/h10,13,15-20,28,34-36H,7-9,11-12,14H2,1-6H3/b21-13+,22-17+. The second-order valence-electron chi connectivity index (χ2n) is 10.4. The number of amides is 1. The lowest BCUT2D eigenvalue weighted by molar-refractivity contribution is 0.0860. The Morgan fingerprint density at radius 3 is 2.42 bits per heavy atom. The van der Waals surface area contributed by atoms with Gasteiger partial charge in [0, 0.05) is 25.8 Å². The van der Waals surface area contributed by atoms with Crippen LogP contribution in [0.3, 0.4) is 0 Å². The van der Waals surface area contributed by atoms with E-state index in [4.69, 9.17) is 4.74 Å². The SMILES string of the molecule is CCN1c2c(O)cccc2C(=O)N(C(/C=C(\C)CC/C=C(\C)CCCC(C)C)OC)c2cc(O)cc(O)c21. The molecular formula is C31H42N2O5. The number of ether oxygens (including phenoxy) is 1. The van der Waals surface area contributed by atoms with Gasteiger partial charge in [0.1, 0.15) is 22.9 Å². The number of allylic oxidation sites excluding steroid dienone is 3. The van der Waals surface area contributed by atoms with Gasteiger partial charge in [-0.2, -0.15) is 0 Å². The summed E-state index contributed by atoms with van der Waals surface area (Å²) in [6, 6.07) is 7.44. The molecule has 7 heteroatoms. The van der Waals surface area contributed by atoms with E-state index in [2.05, 4.69) is 26.8 Å². The van der Waals surface area contributed by atoms with E-state index in [-0.39, 0.29) is 22.8 Å². The van der Waals surface area contributed by atoms with Gasteiger partial charge in [0.05, 0.1) is 16.9 Å². The van der Waals surface area contributed by atoms with Crippen LogP contribution in [0.15, 0.2) is 53.6 Å². The smallest absolute Gasteiger partial charge is 0.262 e. The first-order valence-corrected chi connectivity index (χ1v) is 13.4. The minimum atomic E-state index is -0.800. The van der Waals surface area contributed by atoms with Crippen molar-refractivity contribution in [3.63, 3.8) is 0 Å². The molecule has 0 spiro atoms. The minimum Gasteiger partial charge on any atom is -0.508 e. The number of para-hydroxylation sites is 1. The molecular weight excluding hydrogens is 480 g/mol. The molecule has 2 aromatic rings. The molecule has 0 saturated carbocycles. The van der Waals surface area contributed by atoms with Gasteiger partial charge >= 0.3 is 0 Å². The molecule has 2 aromatic carbocycles. The van der Waals surface area contributed by atoms with E-state index >= 15 is 0 Å². The van der Waals surface area contributed by atoms with E-state index in [1.165, 1.54) is 48.6 Å². The quantitative estimate of drug-likeness (QED) is 0.266. The van der Waals surface area contributed by atoms with Crippen molar-refractivity contribution in [3.05, 3.63) is 59.2 Å².